The van der Waals surface area contributed by atoms with Gasteiger partial charge >= 0.3 is 5.97 Å². The van der Waals surface area contributed by atoms with Crippen molar-refractivity contribution in [1.82, 2.24) is 0 Å². The lowest BCUT2D eigenvalue weighted by Crippen LogP contribution is -2.39. The van der Waals surface area contributed by atoms with Crippen LogP contribution in [0.2, 0.25) is 0 Å². The molecule has 2 nitrogen and oxygen atoms in total. The zero-order valence-corrected chi connectivity index (χ0v) is 19.1. The van der Waals surface area contributed by atoms with E-state index in [4.69, 9.17) is 4.74 Å². The maximum atomic E-state index is 12.6. The van der Waals surface area contributed by atoms with Crippen LogP contribution in [-0.4, -0.2) is 11.6 Å². The van der Waals surface area contributed by atoms with Crippen molar-refractivity contribution in [2.45, 2.75) is 104 Å². The van der Waals surface area contributed by atoms with Gasteiger partial charge in [-0.15, -0.1) is 0 Å². The van der Waals surface area contributed by atoms with Crippen LogP contribution in [0.25, 0.3) is 0 Å². The van der Waals surface area contributed by atoms with E-state index in [1.54, 1.807) is 0 Å². The molecule has 1 aromatic rings. The van der Waals surface area contributed by atoms with Crippen LogP contribution in [0.3, 0.4) is 0 Å². The Morgan fingerprint density at radius 1 is 1.00 bits per heavy atom. The van der Waals surface area contributed by atoms with Gasteiger partial charge in [-0.3, -0.25) is 4.79 Å². The van der Waals surface area contributed by atoms with Gasteiger partial charge in [0.1, 0.15) is 5.60 Å². The summed E-state index contributed by atoms with van der Waals surface area (Å²) in [6.07, 6.45) is 8.67. The predicted molar refractivity (Wildman–Crippen MR) is 118 cm³/mol. The number of hydrogen-bond acceptors (Lipinski definition) is 2. The molecular weight excluding hydrogens is 344 g/mol. The van der Waals surface area contributed by atoms with Crippen molar-refractivity contribution in [3.8, 4) is 0 Å². The highest BCUT2D eigenvalue weighted by atomic mass is 16.6. The first-order valence-electron chi connectivity index (χ1n) is 11.5. The Morgan fingerprint density at radius 2 is 1.57 bits per heavy atom. The van der Waals surface area contributed by atoms with E-state index in [0.29, 0.717) is 24.2 Å². The number of hydrogen-bond donors (Lipinski definition) is 0. The van der Waals surface area contributed by atoms with Crippen LogP contribution in [0.15, 0.2) is 30.3 Å². The van der Waals surface area contributed by atoms with Gasteiger partial charge in [0.25, 0.3) is 0 Å². The standard InChI is InChI=1S/C26H42O2/c1-20(2)26(21(3)4,23-16-11-8-12-17-23)19-13-18-24(27)28-25(5,6)22-14-9-7-10-15-22/h8,11-12,16-17,20-22H,7,9-10,13-15,18-19H2,1-6H3. The monoisotopic (exact) mass is 386 g/mol. The Labute approximate surface area is 173 Å². The fourth-order valence-electron chi connectivity index (χ4n) is 5.55. The zero-order valence-electron chi connectivity index (χ0n) is 19.1. The van der Waals surface area contributed by atoms with Crippen LogP contribution in [0.4, 0.5) is 0 Å². The summed E-state index contributed by atoms with van der Waals surface area (Å²) < 4.78 is 5.98. The molecule has 0 atom stereocenters. The Hall–Kier alpha value is -1.31. The van der Waals surface area contributed by atoms with Crippen LogP contribution in [0.5, 0.6) is 0 Å². The number of carbonyl (C=O) groups excluding carboxylic acids is 1. The third-order valence-electron chi connectivity index (χ3n) is 7.31. The minimum atomic E-state index is -0.329. The summed E-state index contributed by atoms with van der Waals surface area (Å²) >= 11 is 0. The van der Waals surface area contributed by atoms with Crippen LogP contribution in [-0.2, 0) is 14.9 Å². The third kappa shape index (κ3) is 5.39. The Bertz CT molecular complexity index is 586. The third-order valence-corrected chi connectivity index (χ3v) is 7.31. The topological polar surface area (TPSA) is 26.3 Å². The second-order valence-corrected chi connectivity index (χ2v) is 9.98. The molecule has 2 heteroatoms. The minimum absolute atomic E-state index is 0.0231. The molecule has 1 saturated carbocycles. The highest BCUT2D eigenvalue weighted by molar-refractivity contribution is 5.69. The fourth-order valence-corrected chi connectivity index (χ4v) is 5.55. The lowest BCUT2D eigenvalue weighted by molar-refractivity contribution is -0.163. The molecule has 158 valence electrons. The quantitative estimate of drug-likeness (QED) is 0.416. The van der Waals surface area contributed by atoms with Crippen LogP contribution in [0, 0.1) is 17.8 Å². The van der Waals surface area contributed by atoms with Crippen LogP contribution < -0.4 is 0 Å². The molecule has 28 heavy (non-hydrogen) atoms. The number of esters is 1. The minimum Gasteiger partial charge on any atom is -0.459 e. The van der Waals surface area contributed by atoms with Crippen LogP contribution >= 0.6 is 0 Å². The van der Waals surface area contributed by atoms with Crippen molar-refractivity contribution in [3.63, 3.8) is 0 Å². The molecule has 0 aliphatic heterocycles. The summed E-state index contributed by atoms with van der Waals surface area (Å²) in [7, 11) is 0. The molecule has 1 fully saturated rings. The number of benzene rings is 1. The average molecular weight is 387 g/mol. The van der Waals surface area contributed by atoms with Crippen LogP contribution in [0.1, 0.15) is 98.5 Å². The first-order valence-corrected chi connectivity index (χ1v) is 11.5. The second kappa shape index (κ2) is 9.94. The summed E-state index contributed by atoms with van der Waals surface area (Å²) in [5.74, 6) is 1.53. The van der Waals surface area contributed by atoms with Gasteiger partial charge in [0, 0.05) is 6.42 Å². The molecule has 0 saturated heterocycles. The van der Waals surface area contributed by atoms with E-state index in [9.17, 15) is 4.79 Å². The molecule has 0 amide bonds. The molecule has 0 radical (unpaired) electrons. The largest absolute Gasteiger partial charge is 0.459 e. The average Bonchev–Trinajstić information content (AvgIpc) is 2.65. The number of rotatable bonds is 9. The molecule has 1 aromatic carbocycles. The predicted octanol–water partition coefficient (Wildman–Crippen LogP) is 7.31. The molecule has 0 heterocycles. The van der Waals surface area contributed by atoms with Crippen molar-refractivity contribution in [2.75, 3.05) is 0 Å². The molecule has 0 aromatic heterocycles. The van der Waals surface area contributed by atoms with E-state index < -0.39 is 0 Å². The van der Waals surface area contributed by atoms with Crippen molar-refractivity contribution < 1.29 is 9.53 Å². The smallest absolute Gasteiger partial charge is 0.306 e. The second-order valence-electron chi connectivity index (χ2n) is 9.98. The van der Waals surface area contributed by atoms with Crippen molar-refractivity contribution in [1.29, 1.82) is 0 Å². The normalized spacial score (nSPS) is 16.6. The highest BCUT2D eigenvalue weighted by Crippen LogP contribution is 2.44. The van der Waals surface area contributed by atoms with E-state index in [1.165, 1.54) is 37.7 Å². The summed E-state index contributed by atoms with van der Waals surface area (Å²) in [6.45, 7) is 13.5. The number of ether oxygens (including phenoxy) is 1. The Morgan fingerprint density at radius 3 is 2.11 bits per heavy atom. The van der Waals surface area contributed by atoms with Gasteiger partial charge in [0.2, 0.25) is 0 Å². The highest BCUT2D eigenvalue weighted by Gasteiger charge is 2.39. The summed E-state index contributed by atoms with van der Waals surface area (Å²) in [5, 5.41) is 0. The zero-order chi connectivity index (χ0) is 20.8. The van der Waals surface area contributed by atoms with Gasteiger partial charge < -0.3 is 4.74 Å². The van der Waals surface area contributed by atoms with Gasteiger partial charge in [-0.2, -0.15) is 0 Å². The maximum Gasteiger partial charge on any atom is 0.306 e. The first kappa shape index (κ1) is 23.0. The summed E-state index contributed by atoms with van der Waals surface area (Å²) in [4.78, 5) is 12.6. The first-order chi connectivity index (χ1) is 13.2. The molecule has 1 aliphatic rings. The van der Waals surface area contributed by atoms with Gasteiger partial charge in [0.15, 0.2) is 0 Å². The maximum absolute atomic E-state index is 12.6. The molecular formula is C26H42O2. The Kier molecular flexibility index (Phi) is 8.16. The van der Waals surface area contributed by atoms with E-state index in [2.05, 4.69) is 71.9 Å². The molecule has 2 rings (SSSR count). The van der Waals surface area contributed by atoms with Gasteiger partial charge in [0.05, 0.1) is 0 Å². The van der Waals surface area contributed by atoms with Gasteiger partial charge in [-0.05, 0) is 68.3 Å². The fraction of sp³-hybridized carbons (Fsp3) is 0.731. The number of carbonyl (C=O) groups is 1. The van der Waals surface area contributed by atoms with Gasteiger partial charge in [-0.1, -0.05) is 77.3 Å². The van der Waals surface area contributed by atoms with E-state index in [0.717, 1.165) is 12.8 Å². The van der Waals surface area contributed by atoms with E-state index >= 15 is 0 Å². The lowest BCUT2D eigenvalue weighted by Gasteiger charge is -2.42. The lowest BCUT2D eigenvalue weighted by atomic mass is 9.62. The SMILES string of the molecule is CC(C)C(CCCC(=O)OC(C)(C)C1CCCCC1)(c1ccccc1)C(C)C. The molecule has 0 spiro atoms. The van der Waals surface area contributed by atoms with E-state index in [1.807, 2.05) is 0 Å². The molecule has 1 aliphatic carbocycles. The molecule has 0 bridgehead atoms. The summed E-state index contributed by atoms with van der Waals surface area (Å²) in [5.41, 5.74) is 1.17. The molecule has 0 unspecified atom stereocenters. The Balaban J connectivity index is 1.99. The van der Waals surface area contributed by atoms with Crippen molar-refractivity contribution in [3.05, 3.63) is 35.9 Å². The van der Waals surface area contributed by atoms with Crippen molar-refractivity contribution in [2.24, 2.45) is 17.8 Å². The summed E-state index contributed by atoms with van der Waals surface area (Å²) in [6, 6.07) is 10.9. The van der Waals surface area contributed by atoms with Gasteiger partial charge in [-0.25, -0.2) is 0 Å². The molecule has 0 N–H and O–H groups in total. The van der Waals surface area contributed by atoms with Crippen molar-refractivity contribution >= 4 is 5.97 Å². The van der Waals surface area contributed by atoms with E-state index in [-0.39, 0.29) is 17.0 Å².